The Kier molecular flexibility index (Phi) is 5.31. The molecule has 1 aromatic heterocycles. The van der Waals surface area contributed by atoms with Gasteiger partial charge in [-0.3, -0.25) is 4.98 Å². The van der Waals surface area contributed by atoms with Crippen molar-refractivity contribution < 1.29 is 10.2 Å². The average Bonchev–Trinajstić information content (AvgIpc) is 2.49. The molecular formula is C17H22N2O2. The Balaban J connectivity index is 1.87. The number of aromatic hydroxyl groups is 1. The Morgan fingerprint density at radius 2 is 1.86 bits per heavy atom. The van der Waals surface area contributed by atoms with Crippen LogP contribution < -0.4 is 5.32 Å². The van der Waals surface area contributed by atoms with Crippen molar-refractivity contribution in [2.24, 2.45) is 0 Å². The molecule has 0 saturated carbocycles. The third kappa shape index (κ3) is 4.55. The van der Waals surface area contributed by atoms with Gasteiger partial charge in [0.15, 0.2) is 0 Å². The molecule has 0 saturated heterocycles. The van der Waals surface area contributed by atoms with Crippen molar-refractivity contribution in [2.45, 2.75) is 39.0 Å². The smallest absolute Gasteiger partial charge is 0.138 e. The minimum absolute atomic E-state index is 0.113. The van der Waals surface area contributed by atoms with Gasteiger partial charge >= 0.3 is 0 Å². The number of aliphatic hydroxyl groups is 1. The molecular weight excluding hydrogens is 264 g/mol. The molecule has 112 valence electrons. The quantitative estimate of drug-likeness (QED) is 0.764. The molecule has 21 heavy (non-hydrogen) atoms. The summed E-state index contributed by atoms with van der Waals surface area (Å²) in [7, 11) is 0. The fourth-order valence-corrected chi connectivity index (χ4v) is 2.23. The fourth-order valence-electron chi connectivity index (χ4n) is 2.23. The Bertz CT molecular complexity index is 572. The van der Waals surface area contributed by atoms with Crippen LogP contribution in [0.2, 0.25) is 0 Å². The summed E-state index contributed by atoms with van der Waals surface area (Å²) in [5.41, 5.74) is 2.43. The number of pyridine rings is 1. The van der Waals surface area contributed by atoms with Gasteiger partial charge in [-0.15, -0.1) is 0 Å². The number of nitrogens with zero attached hydrogens (tertiary/aromatic N) is 1. The van der Waals surface area contributed by atoms with Gasteiger partial charge in [-0.05, 0) is 38.0 Å². The summed E-state index contributed by atoms with van der Waals surface area (Å²) in [6.07, 6.45) is 0.115. The predicted octanol–water partition coefficient (Wildman–Crippen LogP) is 2.70. The van der Waals surface area contributed by atoms with E-state index in [1.807, 2.05) is 44.2 Å². The molecule has 4 nitrogen and oxygen atoms in total. The highest BCUT2D eigenvalue weighted by Crippen LogP contribution is 2.19. The highest BCUT2D eigenvalue weighted by molar-refractivity contribution is 5.27. The summed E-state index contributed by atoms with van der Waals surface area (Å²) in [6, 6.07) is 13.2. The van der Waals surface area contributed by atoms with Crippen LogP contribution in [0.15, 0.2) is 42.5 Å². The highest BCUT2D eigenvalue weighted by atomic mass is 16.3. The van der Waals surface area contributed by atoms with Gasteiger partial charge in [-0.2, -0.15) is 0 Å². The zero-order chi connectivity index (χ0) is 15.2. The molecule has 0 aliphatic rings. The molecule has 0 aliphatic carbocycles. The van der Waals surface area contributed by atoms with E-state index in [0.29, 0.717) is 18.7 Å². The Morgan fingerprint density at radius 3 is 2.57 bits per heavy atom. The molecule has 2 rings (SSSR count). The molecule has 0 bridgehead atoms. The first-order valence-corrected chi connectivity index (χ1v) is 7.18. The SMILES string of the molecule is Cc1ccc(O)c(CNC(C)CC(O)c2ccccc2)n1. The van der Waals surface area contributed by atoms with Gasteiger partial charge in [-0.1, -0.05) is 30.3 Å². The lowest BCUT2D eigenvalue weighted by Gasteiger charge is -2.18. The topological polar surface area (TPSA) is 65.4 Å². The van der Waals surface area contributed by atoms with Crippen LogP contribution in [0.3, 0.4) is 0 Å². The number of hydrogen-bond acceptors (Lipinski definition) is 4. The summed E-state index contributed by atoms with van der Waals surface area (Å²) in [4.78, 5) is 4.31. The molecule has 0 fully saturated rings. The van der Waals surface area contributed by atoms with Crippen LogP contribution in [0.5, 0.6) is 5.75 Å². The maximum Gasteiger partial charge on any atom is 0.138 e. The molecule has 1 heterocycles. The summed E-state index contributed by atoms with van der Waals surface area (Å²) in [5.74, 6) is 0.198. The second-order valence-electron chi connectivity index (χ2n) is 5.36. The van der Waals surface area contributed by atoms with Gasteiger partial charge in [0.1, 0.15) is 5.75 Å². The Hall–Kier alpha value is -1.91. The fraction of sp³-hybridized carbons (Fsp3) is 0.353. The normalized spacial score (nSPS) is 13.9. The predicted molar refractivity (Wildman–Crippen MR) is 83.0 cm³/mol. The summed E-state index contributed by atoms with van der Waals surface area (Å²) >= 11 is 0. The van der Waals surface area contributed by atoms with E-state index in [0.717, 1.165) is 11.3 Å². The zero-order valence-corrected chi connectivity index (χ0v) is 12.5. The number of hydrogen-bond donors (Lipinski definition) is 3. The largest absolute Gasteiger partial charge is 0.506 e. The van der Waals surface area contributed by atoms with Crippen molar-refractivity contribution in [2.75, 3.05) is 0 Å². The van der Waals surface area contributed by atoms with Crippen LogP contribution in [0.1, 0.15) is 36.4 Å². The van der Waals surface area contributed by atoms with Gasteiger partial charge < -0.3 is 15.5 Å². The first-order valence-electron chi connectivity index (χ1n) is 7.18. The van der Waals surface area contributed by atoms with Crippen LogP contribution in [-0.4, -0.2) is 21.2 Å². The number of aryl methyl sites for hydroxylation is 1. The maximum absolute atomic E-state index is 10.2. The van der Waals surface area contributed by atoms with Crippen molar-refractivity contribution in [3.8, 4) is 5.75 Å². The van der Waals surface area contributed by atoms with Crippen LogP contribution in [0.4, 0.5) is 0 Å². The van der Waals surface area contributed by atoms with Crippen LogP contribution in [-0.2, 0) is 6.54 Å². The third-order valence-electron chi connectivity index (χ3n) is 3.47. The minimum atomic E-state index is -0.493. The van der Waals surface area contributed by atoms with E-state index in [-0.39, 0.29) is 11.8 Å². The second-order valence-corrected chi connectivity index (χ2v) is 5.36. The first-order chi connectivity index (χ1) is 10.1. The van der Waals surface area contributed by atoms with E-state index >= 15 is 0 Å². The van der Waals surface area contributed by atoms with Crippen molar-refractivity contribution in [3.63, 3.8) is 0 Å². The van der Waals surface area contributed by atoms with Crippen LogP contribution in [0.25, 0.3) is 0 Å². The lowest BCUT2D eigenvalue weighted by molar-refractivity contribution is 0.153. The van der Waals surface area contributed by atoms with Gasteiger partial charge in [0.25, 0.3) is 0 Å². The van der Waals surface area contributed by atoms with Crippen LogP contribution >= 0.6 is 0 Å². The minimum Gasteiger partial charge on any atom is -0.506 e. The van der Waals surface area contributed by atoms with E-state index in [1.165, 1.54) is 0 Å². The standard InChI is InChI=1S/C17H22N2O2/c1-12-8-9-16(20)15(19-12)11-18-13(2)10-17(21)14-6-4-3-5-7-14/h3-9,13,17-18,20-21H,10-11H2,1-2H3. The van der Waals surface area contributed by atoms with E-state index in [1.54, 1.807) is 12.1 Å². The molecule has 3 N–H and O–H groups in total. The molecule has 2 atom stereocenters. The van der Waals surface area contributed by atoms with E-state index < -0.39 is 6.10 Å². The summed E-state index contributed by atoms with van der Waals surface area (Å²) in [6.45, 7) is 4.39. The molecule has 0 radical (unpaired) electrons. The van der Waals surface area contributed by atoms with E-state index in [2.05, 4.69) is 10.3 Å². The average molecular weight is 286 g/mol. The van der Waals surface area contributed by atoms with Crippen molar-refractivity contribution in [3.05, 3.63) is 59.4 Å². The van der Waals surface area contributed by atoms with Gasteiger partial charge in [0, 0.05) is 18.3 Å². The van der Waals surface area contributed by atoms with Gasteiger partial charge in [0.05, 0.1) is 11.8 Å². The lowest BCUT2D eigenvalue weighted by atomic mass is 10.0. The molecule has 2 unspecified atom stereocenters. The van der Waals surface area contributed by atoms with Crippen molar-refractivity contribution in [1.82, 2.24) is 10.3 Å². The van der Waals surface area contributed by atoms with Gasteiger partial charge in [0.2, 0.25) is 0 Å². The molecule has 1 aromatic carbocycles. The van der Waals surface area contributed by atoms with E-state index in [4.69, 9.17) is 0 Å². The third-order valence-corrected chi connectivity index (χ3v) is 3.47. The number of benzene rings is 1. The Labute approximate surface area is 125 Å². The van der Waals surface area contributed by atoms with Crippen molar-refractivity contribution >= 4 is 0 Å². The molecule has 0 spiro atoms. The van der Waals surface area contributed by atoms with Gasteiger partial charge in [-0.25, -0.2) is 0 Å². The summed E-state index contributed by atoms with van der Waals surface area (Å²) < 4.78 is 0. The summed E-state index contributed by atoms with van der Waals surface area (Å²) in [5, 5.41) is 23.2. The number of nitrogens with one attached hydrogen (secondary N) is 1. The molecule has 4 heteroatoms. The number of aliphatic hydroxyl groups excluding tert-OH is 1. The Morgan fingerprint density at radius 1 is 1.14 bits per heavy atom. The lowest BCUT2D eigenvalue weighted by Crippen LogP contribution is -2.27. The number of aromatic nitrogens is 1. The maximum atomic E-state index is 10.2. The first kappa shape index (κ1) is 15.5. The van der Waals surface area contributed by atoms with Crippen molar-refractivity contribution in [1.29, 1.82) is 0 Å². The number of rotatable bonds is 6. The molecule has 2 aromatic rings. The molecule has 0 amide bonds. The zero-order valence-electron chi connectivity index (χ0n) is 12.5. The van der Waals surface area contributed by atoms with E-state index in [9.17, 15) is 10.2 Å². The molecule has 0 aliphatic heterocycles. The van der Waals surface area contributed by atoms with Crippen LogP contribution in [0, 0.1) is 6.92 Å². The monoisotopic (exact) mass is 286 g/mol. The second kappa shape index (κ2) is 7.20. The highest BCUT2D eigenvalue weighted by Gasteiger charge is 2.12.